The number of nitrogens with zero attached hydrogens (tertiary/aromatic N) is 1. The van der Waals surface area contributed by atoms with Gasteiger partial charge in [0.25, 0.3) is 0 Å². The quantitative estimate of drug-likeness (QED) is 0.629. The molecule has 0 amide bonds. The first kappa shape index (κ1) is 8.78. The summed E-state index contributed by atoms with van der Waals surface area (Å²) in [6.45, 7) is 1.72. The average molecular weight is 167 g/mol. The van der Waals surface area contributed by atoms with E-state index in [2.05, 4.69) is 0 Å². The van der Waals surface area contributed by atoms with E-state index in [1.165, 1.54) is 12.1 Å². The Morgan fingerprint density at radius 3 is 2.58 bits per heavy atom. The van der Waals surface area contributed by atoms with Gasteiger partial charge in [-0.05, 0) is 19.1 Å². The number of rotatable bonds is 2. The van der Waals surface area contributed by atoms with Crippen LogP contribution in [-0.4, -0.2) is 16.3 Å². The van der Waals surface area contributed by atoms with E-state index in [4.69, 9.17) is 14.8 Å². The Labute approximate surface area is 69.7 Å². The van der Waals surface area contributed by atoms with Crippen LogP contribution in [-0.2, 0) is 0 Å². The van der Waals surface area contributed by atoms with Gasteiger partial charge in [0.05, 0.1) is 6.07 Å². The topological polar surface area (TPSA) is 77.4 Å². The van der Waals surface area contributed by atoms with Crippen molar-refractivity contribution in [1.29, 1.82) is 5.26 Å². The maximum atomic E-state index is 9.24. The zero-order valence-corrected chi connectivity index (χ0v) is 6.56. The van der Waals surface area contributed by atoms with E-state index >= 15 is 0 Å². The maximum absolute atomic E-state index is 9.24. The van der Waals surface area contributed by atoms with Crippen LogP contribution >= 0.6 is 0 Å². The van der Waals surface area contributed by atoms with Crippen LogP contribution in [0, 0.1) is 18.3 Å². The standard InChI is InChI=1S/C8H9NO3/c1-5-2-3-7(12-5)8(11)6(10)4-9/h2-3,6,8,10-11H,1H3. The van der Waals surface area contributed by atoms with Crippen molar-refractivity contribution in [2.45, 2.75) is 19.1 Å². The third-order valence-electron chi connectivity index (χ3n) is 1.48. The lowest BCUT2D eigenvalue weighted by molar-refractivity contribution is 0.0372. The van der Waals surface area contributed by atoms with Crippen molar-refractivity contribution in [3.05, 3.63) is 23.7 Å². The van der Waals surface area contributed by atoms with E-state index in [0.717, 1.165) is 0 Å². The summed E-state index contributed by atoms with van der Waals surface area (Å²) in [6.07, 6.45) is -2.70. The third kappa shape index (κ3) is 1.64. The fourth-order valence-corrected chi connectivity index (χ4v) is 0.839. The second-order valence-corrected chi connectivity index (χ2v) is 2.47. The lowest BCUT2D eigenvalue weighted by Gasteiger charge is -2.07. The van der Waals surface area contributed by atoms with Crippen LogP contribution in [0.1, 0.15) is 17.6 Å². The molecule has 0 fully saturated rings. The monoisotopic (exact) mass is 167 g/mol. The number of hydrogen-bond acceptors (Lipinski definition) is 4. The molecule has 4 heteroatoms. The largest absolute Gasteiger partial charge is 0.463 e. The summed E-state index contributed by atoms with van der Waals surface area (Å²) in [5.74, 6) is 0.843. The molecule has 0 spiro atoms. The molecule has 0 saturated carbocycles. The molecular formula is C8H9NO3. The summed E-state index contributed by atoms with van der Waals surface area (Å²) < 4.78 is 5.01. The van der Waals surface area contributed by atoms with Crippen molar-refractivity contribution in [1.82, 2.24) is 0 Å². The molecule has 64 valence electrons. The highest BCUT2D eigenvalue weighted by molar-refractivity contribution is 5.11. The van der Waals surface area contributed by atoms with E-state index < -0.39 is 12.2 Å². The van der Waals surface area contributed by atoms with Crippen LogP contribution in [0.3, 0.4) is 0 Å². The van der Waals surface area contributed by atoms with Crippen LogP contribution in [0.5, 0.6) is 0 Å². The van der Waals surface area contributed by atoms with Crippen LogP contribution in [0.2, 0.25) is 0 Å². The van der Waals surface area contributed by atoms with Crippen LogP contribution < -0.4 is 0 Å². The van der Waals surface area contributed by atoms with E-state index in [1.807, 2.05) is 0 Å². The molecule has 0 radical (unpaired) electrons. The summed E-state index contributed by atoms with van der Waals surface area (Å²) in [6, 6.07) is 4.70. The Balaban J connectivity index is 2.79. The first-order valence-corrected chi connectivity index (χ1v) is 3.47. The molecule has 12 heavy (non-hydrogen) atoms. The summed E-state index contributed by atoms with van der Waals surface area (Å²) in [7, 11) is 0. The van der Waals surface area contributed by atoms with Gasteiger partial charge in [0.15, 0.2) is 12.2 Å². The number of aliphatic hydroxyl groups excluding tert-OH is 2. The predicted octanol–water partition coefficient (Wildman–Crippen LogP) is 0.506. The number of aliphatic hydroxyl groups is 2. The van der Waals surface area contributed by atoms with Crippen molar-refractivity contribution in [3.8, 4) is 6.07 Å². The minimum absolute atomic E-state index is 0.210. The highest BCUT2D eigenvalue weighted by atomic mass is 16.4. The first-order chi connectivity index (χ1) is 5.65. The molecular weight excluding hydrogens is 158 g/mol. The van der Waals surface area contributed by atoms with Gasteiger partial charge in [-0.3, -0.25) is 0 Å². The van der Waals surface area contributed by atoms with Gasteiger partial charge in [-0.25, -0.2) is 0 Å². The first-order valence-electron chi connectivity index (χ1n) is 3.47. The van der Waals surface area contributed by atoms with E-state index in [0.29, 0.717) is 5.76 Å². The lowest BCUT2D eigenvalue weighted by atomic mass is 10.2. The third-order valence-corrected chi connectivity index (χ3v) is 1.48. The molecule has 0 aliphatic carbocycles. The van der Waals surface area contributed by atoms with Gasteiger partial charge in [-0.15, -0.1) is 0 Å². The Morgan fingerprint density at radius 2 is 2.17 bits per heavy atom. The van der Waals surface area contributed by atoms with Gasteiger partial charge >= 0.3 is 0 Å². The van der Waals surface area contributed by atoms with Crippen LogP contribution in [0.15, 0.2) is 16.5 Å². The number of nitriles is 1. The van der Waals surface area contributed by atoms with Crippen molar-refractivity contribution in [3.63, 3.8) is 0 Å². The van der Waals surface area contributed by atoms with E-state index in [1.54, 1.807) is 13.0 Å². The highest BCUT2D eigenvalue weighted by Gasteiger charge is 2.20. The molecule has 0 aliphatic rings. The molecule has 0 aromatic carbocycles. The lowest BCUT2D eigenvalue weighted by Crippen LogP contribution is -2.14. The minimum atomic E-state index is -1.43. The van der Waals surface area contributed by atoms with Gasteiger partial charge in [-0.2, -0.15) is 5.26 Å². The molecule has 1 heterocycles. The molecule has 1 rings (SSSR count). The normalized spacial score (nSPS) is 15.2. The van der Waals surface area contributed by atoms with Gasteiger partial charge in [0.1, 0.15) is 11.5 Å². The van der Waals surface area contributed by atoms with Gasteiger partial charge in [0, 0.05) is 0 Å². The summed E-state index contributed by atoms with van der Waals surface area (Å²) >= 11 is 0. The Morgan fingerprint density at radius 1 is 1.50 bits per heavy atom. The number of aryl methyl sites for hydroxylation is 1. The van der Waals surface area contributed by atoms with Crippen LogP contribution in [0.25, 0.3) is 0 Å². The Bertz CT molecular complexity index is 299. The fourth-order valence-electron chi connectivity index (χ4n) is 0.839. The molecule has 4 nitrogen and oxygen atoms in total. The molecule has 0 saturated heterocycles. The molecule has 2 N–H and O–H groups in total. The number of hydrogen-bond donors (Lipinski definition) is 2. The fraction of sp³-hybridized carbons (Fsp3) is 0.375. The van der Waals surface area contributed by atoms with Crippen molar-refractivity contribution in [2.24, 2.45) is 0 Å². The number of furan rings is 1. The summed E-state index contributed by atoms with van der Waals surface area (Å²) in [5, 5.41) is 26.4. The summed E-state index contributed by atoms with van der Waals surface area (Å²) in [4.78, 5) is 0. The Hall–Kier alpha value is -1.31. The summed E-state index contributed by atoms with van der Waals surface area (Å²) in [5.41, 5.74) is 0. The molecule has 1 aromatic heterocycles. The maximum Gasteiger partial charge on any atom is 0.173 e. The molecule has 2 unspecified atom stereocenters. The van der Waals surface area contributed by atoms with Gasteiger partial charge in [0.2, 0.25) is 0 Å². The SMILES string of the molecule is Cc1ccc(C(O)C(O)C#N)o1. The Kier molecular flexibility index (Phi) is 2.48. The smallest absolute Gasteiger partial charge is 0.173 e. The van der Waals surface area contributed by atoms with E-state index in [-0.39, 0.29) is 5.76 Å². The zero-order valence-electron chi connectivity index (χ0n) is 6.56. The molecule has 0 aliphatic heterocycles. The molecule has 0 bridgehead atoms. The van der Waals surface area contributed by atoms with Gasteiger partial charge in [-0.1, -0.05) is 0 Å². The van der Waals surface area contributed by atoms with Crippen molar-refractivity contribution >= 4 is 0 Å². The predicted molar refractivity (Wildman–Crippen MR) is 40.0 cm³/mol. The average Bonchev–Trinajstić information content (AvgIpc) is 2.49. The second-order valence-electron chi connectivity index (χ2n) is 2.47. The second kappa shape index (κ2) is 3.39. The molecule has 2 atom stereocenters. The van der Waals surface area contributed by atoms with Crippen molar-refractivity contribution in [2.75, 3.05) is 0 Å². The molecule has 1 aromatic rings. The van der Waals surface area contributed by atoms with Gasteiger partial charge < -0.3 is 14.6 Å². The van der Waals surface area contributed by atoms with Crippen LogP contribution in [0.4, 0.5) is 0 Å². The zero-order chi connectivity index (χ0) is 9.14. The minimum Gasteiger partial charge on any atom is -0.463 e. The van der Waals surface area contributed by atoms with E-state index in [9.17, 15) is 5.11 Å². The highest BCUT2D eigenvalue weighted by Crippen LogP contribution is 2.18. The van der Waals surface area contributed by atoms with Crippen molar-refractivity contribution < 1.29 is 14.6 Å².